The molecule has 1 heterocycles. The predicted octanol–water partition coefficient (Wildman–Crippen LogP) is 2.87. The van der Waals surface area contributed by atoms with Gasteiger partial charge in [0.1, 0.15) is 12.1 Å². The van der Waals surface area contributed by atoms with Gasteiger partial charge in [0.15, 0.2) is 0 Å². The molecule has 0 bridgehead atoms. The minimum Gasteiger partial charge on any atom is -0.459 e. The van der Waals surface area contributed by atoms with Crippen LogP contribution in [-0.2, 0) is 24.3 Å². The molecule has 0 fully saturated rings. The summed E-state index contributed by atoms with van der Waals surface area (Å²) in [6, 6.07) is 10.5. The number of pyridine rings is 1. The van der Waals surface area contributed by atoms with Crippen LogP contribution in [0.4, 0.5) is 0 Å². The number of rotatable bonds is 13. The molecule has 0 aliphatic heterocycles. The van der Waals surface area contributed by atoms with Gasteiger partial charge in [0.05, 0.1) is 5.75 Å². The minimum absolute atomic E-state index is 0.0342. The molecule has 0 saturated heterocycles. The number of hydrogen-bond donors (Lipinski definition) is 3. The number of sulfonamides is 1. The number of nitrogens with zero attached hydrogens (tertiary/aromatic N) is 1. The van der Waals surface area contributed by atoms with Crippen LogP contribution in [0.15, 0.2) is 42.7 Å². The predicted molar refractivity (Wildman–Crippen MR) is 141 cm³/mol. The molecule has 2 rings (SSSR count). The molecule has 9 nitrogen and oxygen atoms in total. The summed E-state index contributed by atoms with van der Waals surface area (Å²) < 4.78 is 31.3. The van der Waals surface area contributed by atoms with Gasteiger partial charge < -0.3 is 15.4 Å². The summed E-state index contributed by atoms with van der Waals surface area (Å²) in [6.07, 6.45) is 4.53. The first-order chi connectivity index (χ1) is 16.9. The third-order valence-corrected chi connectivity index (χ3v) is 6.62. The van der Waals surface area contributed by atoms with Gasteiger partial charge in [-0.25, -0.2) is 13.1 Å². The second-order valence-electron chi connectivity index (χ2n) is 9.67. The minimum atomic E-state index is -3.70. The van der Waals surface area contributed by atoms with Crippen molar-refractivity contribution in [1.29, 1.82) is 0 Å². The Hall–Kier alpha value is -2.82. The monoisotopic (exact) mass is 518 g/mol. The van der Waals surface area contributed by atoms with Gasteiger partial charge in [-0.3, -0.25) is 14.6 Å². The highest BCUT2D eigenvalue weighted by molar-refractivity contribution is 7.89. The highest BCUT2D eigenvalue weighted by atomic mass is 32.2. The molecule has 0 aliphatic carbocycles. The van der Waals surface area contributed by atoms with Gasteiger partial charge in [-0.1, -0.05) is 18.2 Å². The number of carbonyl (C=O) groups excluding carboxylic acids is 2. The van der Waals surface area contributed by atoms with E-state index < -0.39 is 28.1 Å². The van der Waals surface area contributed by atoms with Crippen LogP contribution in [0.2, 0.25) is 0 Å². The first-order valence-corrected chi connectivity index (χ1v) is 13.7. The van der Waals surface area contributed by atoms with Gasteiger partial charge in [0, 0.05) is 31.4 Å². The number of esters is 1. The van der Waals surface area contributed by atoms with E-state index in [1.807, 2.05) is 25.3 Å². The molecular weight excluding hydrogens is 480 g/mol. The number of ether oxygens (including phenoxy) is 1. The number of nitrogens with one attached hydrogen (secondary N) is 3. The summed E-state index contributed by atoms with van der Waals surface area (Å²) in [4.78, 5) is 27.9. The quantitative estimate of drug-likeness (QED) is 0.275. The Morgan fingerprint density at radius 3 is 2.58 bits per heavy atom. The topological polar surface area (TPSA) is 126 Å². The SMILES string of the molecule is Cc1cnccc1-c1cccc([C@H](C)NCCCC(=O)NCCS(=O)(=O)NCC(=O)OC(C)(C)C)c1. The van der Waals surface area contributed by atoms with Crippen LogP contribution >= 0.6 is 0 Å². The lowest BCUT2D eigenvalue weighted by molar-refractivity contribution is -0.153. The van der Waals surface area contributed by atoms with Crippen molar-refractivity contribution in [3.05, 3.63) is 53.9 Å². The lowest BCUT2D eigenvalue weighted by Gasteiger charge is -2.19. The van der Waals surface area contributed by atoms with Crippen molar-refractivity contribution in [3.63, 3.8) is 0 Å². The lowest BCUT2D eigenvalue weighted by Crippen LogP contribution is -2.38. The smallest absolute Gasteiger partial charge is 0.321 e. The number of aromatic nitrogens is 1. The molecule has 2 aromatic rings. The van der Waals surface area contributed by atoms with E-state index >= 15 is 0 Å². The van der Waals surface area contributed by atoms with E-state index in [1.54, 1.807) is 27.0 Å². The Labute approximate surface area is 214 Å². The molecule has 0 unspecified atom stereocenters. The summed E-state index contributed by atoms with van der Waals surface area (Å²) in [5, 5.41) is 6.04. The second kappa shape index (κ2) is 13.5. The third kappa shape index (κ3) is 10.8. The van der Waals surface area contributed by atoms with Gasteiger partial charge in [0.25, 0.3) is 0 Å². The number of carbonyl (C=O) groups is 2. The fraction of sp³-hybridized carbons (Fsp3) is 0.500. The summed E-state index contributed by atoms with van der Waals surface area (Å²) in [6.45, 7) is 9.39. The molecule has 3 N–H and O–H groups in total. The Balaban J connectivity index is 1.67. The Kier molecular flexibility index (Phi) is 11.0. The van der Waals surface area contributed by atoms with E-state index in [2.05, 4.69) is 45.5 Å². The summed E-state index contributed by atoms with van der Waals surface area (Å²) in [5.41, 5.74) is 3.87. The second-order valence-corrected chi connectivity index (χ2v) is 11.6. The van der Waals surface area contributed by atoms with Crippen LogP contribution in [0.1, 0.15) is 57.7 Å². The molecule has 0 saturated carbocycles. The van der Waals surface area contributed by atoms with Crippen LogP contribution in [-0.4, -0.2) is 56.3 Å². The molecule has 10 heteroatoms. The van der Waals surface area contributed by atoms with E-state index in [9.17, 15) is 18.0 Å². The van der Waals surface area contributed by atoms with Gasteiger partial charge in [0.2, 0.25) is 15.9 Å². The fourth-order valence-electron chi connectivity index (χ4n) is 3.49. The highest BCUT2D eigenvalue weighted by Gasteiger charge is 2.19. The average molecular weight is 519 g/mol. The highest BCUT2D eigenvalue weighted by Crippen LogP contribution is 2.25. The first-order valence-electron chi connectivity index (χ1n) is 12.1. The van der Waals surface area contributed by atoms with Crippen molar-refractivity contribution in [1.82, 2.24) is 20.3 Å². The molecule has 1 aromatic carbocycles. The summed E-state index contributed by atoms with van der Waals surface area (Å²) in [7, 11) is -3.70. The van der Waals surface area contributed by atoms with Gasteiger partial charge in [-0.2, -0.15) is 0 Å². The maximum absolute atomic E-state index is 12.1. The van der Waals surface area contributed by atoms with Crippen molar-refractivity contribution in [2.24, 2.45) is 0 Å². The number of amides is 1. The molecule has 1 amide bonds. The largest absolute Gasteiger partial charge is 0.459 e. The Morgan fingerprint density at radius 1 is 1.14 bits per heavy atom. The van der Waals surface area contributed by atoms with E-state index in [4.69, 9.17) is 4.74 Å². The Bertz CT molecular complexity index is 1130. The van der Waals surface area contributed by atoms with Crippen molar-refractivity contribution in [3.8, 4) is 11.1 Å². The standard InChI is InChI=1S/C26H38N4O5S/c1-19-17-27-13-11-23(19)22-9-6-8-21(16-22)20(2)28-12-7-10-24(31)29-14-15-36(33,34)30-18-25(32)35-26(3,4)5/h6,8-9,11,13,16-17,20,28,30H,7,10,12,14-15,18H2,1-5H3,(H,29,31)/t20-/m0/s1. The van der Waals surface area contributed by atoms with Crippen molar-refractivity contribution >= 4 is 21.9 Å². The maximum atomic E-state index is 12.1. The summed E-state index contributed by atoms with van der Waals surface area (Å²) >= 11 is 0. The number of benzene rings is 1. The molecule has 0 aliphatic rings. The van der Waals surface area contributed by atoms with E-state index in [-0.39, 0.29) is 30.7 Å². The van der Waals surface area contributed by atoms with Crippen LogP contribution < -0.4 is 15.4 Å². The molecule has 1 atom stereocenters. The van der Waals surface area contributed by atoms with Crippen LogP contribution in [0.25, 0.3) is 11.1 Å². The zero-order valence-corrected chi connectivity index (χ0v) is 22.6. The van der Waals surface area contributed by atoms with Gasteiger partial charge in [-0.05, 0) is 82.0 Å². The van der Waals surface area contributed by atoms with Gasteiger partial charge in [-0.15, -0.1) is 0 Å². The lowest BCUT2D eigenvalue weighted by atomic mass is 9.98. The van der Waals surface area contributed by atoms with Crippen molar-refractivity contribution < 1.29 is 22.7 Å². The maximum Gasteiger partial charge on any atom is 0.321 e. The summed E-state index contributed by atoms with van der Waals surface area (Å²) in [5.74, 6) is -1.19. The van der Waals surface area contributed by atoms with Crippen LogP contribution in [0.3, 0.4) is 0 Å². The molecule has 1 aromatic heterocycles. The molecule has 0 radical (unpaired) electrons. The molecular formula is C26H38N4O5S. The average Bonchev–Trinajstić information content (AvgIpc) is 2.80. The Morgan fingerprint density at radius 2 is 1.89 bits per heavy atom. The third-order valence-electron chi connectivity index (χ3n) is 5.30. The molecule has 198 valence electrons. The van der Waals surface area contributed by atoms with E-state index in [1.165, 1.54) is 0 Å². The van der Waals surface area contributed by atoms with Gasteiger partial charge >= 0.3 is 5.97 Å². The van der Waals surface area contributed by atoms with Crippen molar-refractivity contribution in [2.75, 3.05) is 25.4 Å². The van der Waals surface area contributed by atoms with E-state index in [0.717, 1.165) is 22.3 Å². The number of hydrogen-bond acceptors (Lipinski definition) is 7. The zero-order valence-electron chi connectivity index (χ0n) is 21.8. The van der Waals surface area contributed by atoms with Crippen LogP contribution in [0.5, 0.6) is 0 Å². The van der Waals surface area contributed by atoms with Crippen LogP contribution in [0, 0.1) is 6.92 Å². The zero-order chi connectivity index (χ0) is 26.8. The van der Waals surface area contributed by atoms with E-state index in [0.29, 0.717) is 13.0 Å². The fourth-order valence-corrected chi connectivity index (χ4v) is 4.34. The van der Waals surface area contributed by atoms with Crippen molar-refractivity contribution in [2.45, 2.75) is 59.1 Å². The number of aryl methyl sites for hydroxylation is 1. The molecule has 36 heavy (non-hydrogen) atoms. The molecule has 0 spiro atoms. The normalized spacial score (nSPS) is 12.7. The first kappa shape index (κ1) is 29.4.